The maximum Gasteiger partial charge on any atom is 0.254 e. The lowest BCUT2D eigenvalue weighted by Gasteiger charge is -2.60. The fourth-order valence-electron chi connectivity index (χ4n) is 9.81. The Morgan fingerprint density at radius 3 is 2.37 bits per heavy atom. The quantitative estimate of drug-likeness (QED) is 0.0415. The number of ether oxygens (including phenoxy) is 3. The second-order valence-electron chi connectivity index (χ2n) is 17.8. The molecule has 330 valence electrons. The van der Waals surface area contributed by atoms with Gasteiger partial charge in [0.2, 0.25) is 5.79 Å². The second kappa shape index (κ2) is 20.3. The van der Waals surface area contributed by atoms with Crippen molar-refractivity contribution in [3.05, 3.63) is 120 Å². The third-order valence-electron chi connectivity index (χ3n) is 12.5. The van der Waals surface area contributed by atoms with Gasteiger partial charge in [-0.1, -0.05) is 67.4 Å². The molecule has 1 heterocycles. The van der Waals surface area contributed by atoms with E-state index < -0.39 is 23.3 Å². The Bertz CT molecular complexity index is 2230. The topological polar surface area (TPSA) is 110 Å². The number of nitrogens with zero attached hydrogens (tertiary/aromatic N) is 2. The number of carbonyl (C=O) groups is 1. The highest BCUT2D eigenvalue weighted by Gasteiger charge is 2.65. The number of thioether (sulfide) groups is 1. The van der Waals surface area contributed by atoms with E-state index in [1.54, 1.807) is 17.8 Å². The zero-order valence-electron chi connectivity index (χ0n) is 37.1. The Hall–Kier alpha value is -4.61. The zero-order chi connectivity index (χ0) is 43.9. The molecule has 9 nitrogen and oxygen atoms in total. The third kappa shape index (κ3) is 9.79. The van der Waals surface area contributed by atoms with E-state index in [4.69, 9.17) is 24.2 Å². The molecule has 2 aliphatic carbocycles. The molecule has 3 aliphatic rings. The van der Waals surface area contributed by atoms with Crippen LogP contribution in [0.5, 0.6) is 17.2 Å². The highest BCUT2D eigenvalue weighted by Crippen LogP contribution is 2.62. The molecule has 0 bridgehead atoms. The van der Waals surface area contributed by atoms with Crippen LogP contribution in [-0.4, -0.2) is 76.8 Å². The summed E-state index contributed by atoms with van der Waals surface area (Å²) in [6.45, 7) is 13.0. The molecular formula is C52H64N2O7S. The van der Waals surface area contributed by atoms with Gasteiger partial charge in [0.15, 0.2) is 0 Å². The van der Waals surface area contributed by atoms with Crippen molar-refractivity contribution in [1.82, 2.24) is 4.90 Å². The number of hydrogen-bond acceptors (Lipinski definition) is 9. The summed E-state index contributed by atoms with van der Waals surface area (Å²) < 4.78 is 21.2. The fraction of sp³-hybridized carbons (Fsp3) is 0.462. The van der Waals surface area contributed by atoms with Crippen molar-refractivity contribution in [2.45, 2.75) is 107 Å². The van der Waals surface area contributed by atoms with Crippen LogP contribution in [0.15, 0.2) is 119 Å². The van der Waals surface area contributed by atoms with Gasteiger partial charge in [0.25, 0.3) is 5.91 Å². The van der Waals surface area contributed by atoms with Gasteiger partial charge in [-0.2, -0.15) is 0 Å². The van der Waals surface area contributed by atoms with E-state index in [1.807, 2.05) is 86.3 Å². The van der Waals surface area contributed by atoms with Gasteiger partial charge >= 0.3 is 0 Å². The van der Waals surface area contributed by atoms with E-state index in [0.717, 1.165) is 63.9 Å². The van der Waals surface area contributed by atoms with Crippen molar-refractivity contribution in [1.29, 1.82) is 0 Å². The van der Waals surface area contributed by atoms with Crippen molar-refractivity contribution < 1.29 is 34.1 Å². The summed E-state index contributed by atoms with van der Waals surface area (Å²) in [4.78, 5) is 24.7. The summed E-state index contributed by atoms with van der Waals surface area (Å²) in [5.74, 6) is 0.312. The van der Waals surface area contributed by atoms with E-state index >= 15 is 4.79 Å². The summed E-state index contributed by atoms with van der Waals surface area (Å²) in [6.07, 6.45) is 12.0. The molecule has 0 saturated heterocycles. The minimum atomic E-state index is -1.35. The molecule has 1 fully saturated rings. The summed E-state index contributed by atoms with van der Waals surface area (Å²) in [5.41, 5.74) is 2.82. The molecule has 4 aromatic carbocycles. The van der Waals surface area contributed by atoms with E-state index in [0.29, 0.717) is 49.3 Å². The highest BCUT2D eigenvalue weighted by molar-refractivity contribution is 7.98. The Balaban J connectivity index is 1.45. The monoisotopic (exact) mass is 860 g/mol. The van der Waals surface area contributed by atoms with Crippen LogP contribution in [0, 0.1) is 17.8 Å². The minimum absolute atomic E-state index is 0.0961. The highest BCUT2D eigenvalue weighted by atomic mass is 32.2. The van der Waals surface area contributed by atoms with Gasteiger partial charge in [0.05, 0.1) is 18.2 Å². The Morgan fingerprint density at radius 2 is 1.68 bits per heavy atom. The van der Waals surface area contributed by atoms with E-state index in [2.05, 4.69) is 50.1 Å². The molecule has 0 spiro atoms. The first kappa shape index (κ1) is 45.4. The van der Waals surface area contributed by atoms with Crippen LogP contribution in [0.3, 0.4) is 0 Å². The lowest BCUT2D eigenvalue weighted by Crippen LogP contribution is -2.70. The maximum atomic E-state index is 15.2. The Morgan fingerprint density at radius 1 is 0.952 bits per heavy atom. The SMILES string of the molecule is C=CCO[C@@]12Oc3ccc(Oc4ccc(SC)cc4)cc3[C@H]3[C@H](CCCCO)[C@@H](CCCCO)C=C(C(=NOC(C)(C)C)C[C@@H]1N(CCC)C(=O)c1ccc4ccccc4c1)[C@H]32. The van der Waals surface area contributed by atoms with Gasteiger partial charge in [0, 0.05) is 48.1 Å². The third-order valence-corrected chi connectivity index (χ3v) is 13.2. The van der Waals surface area contributed by atoms with Gasteiger partial charge in [-0.05, 0) is 142 Å². The number of allylic oxidation sites excluding steroid dienone is 1. The van der Waals surface area contributed by atoms with Gasteiger partial charge < -0.3 is 34.2 Å². The van der Waals surface area contributed by atoms with Gasteiger partial charge in [-0.3, -0.25) is 4.79 Å². The van der Waals surface area contributed by atoms with Crippen LogP contribution in [-0.2, 0) is 9.57 Å². The Labute approximate surface area is 372 Å². The molecule has 10 heteroatoms. The van der Waals surface area contributed by atoms with Crippen LogP contribution in [0.25, 0.3) is 10.8 Å². The number of benzene rings is 4. The predicted molar refractivity (Wildman–Crippen MR) is 249 cm³/mol. The normalized spacial score (nSPS) is 23.5. The second-order valence-corrected chi connectivity index (χ2v) is 18.7. The molecule has 1 amide bonds. The van der Waals surface area contributed by atoms with Gasteiger partial charge in [0.1, 0.15) is 28.9 Å². The summed E-state index contributed by atoms with van der Waals surface area (Å²) >= 11 is 1.69. The number of unbranched alkanes of at least 4 members (excludes halogenated alkanes) is 2. The molecule has 7 rings (SSSR count). The van der Waals surface area contributed by atoms with Gasteiger partial charge in [-0.15, -0.1) is 18.3 Å². The smallest absolute Gasteiger partial charge is 0.254 e. The summed E-state index contributed by atoms with van der Waals surface area (Å²) in [5, 5.41) is 27.0. The number of aliphatic hydroxyl groups excluding tert-OH is 2. The minimum Gasteiger partial charge on any atom is -0.459 e. The molecule has 1 aliphatic heterocycles. The molecule has 2 N–H and O–H groups in total. The lowest BCUT2D eigenvalue weighted by atomic mass is 9.55. The van der Waals surface area contributed by atoms with Crippen LogP contribution < -0.4 is 9.47 Å². The Kier molecular flexibility index (Phi) is 14.8. The van der Waals surface area contributed by atoms with Gasteiger partial charge in [-0.25, -0.2) is 0 Å². The van der Waals surface area contributed by atoms with Crippen molar-refractivity contribution >= 4 is 34.2 Å². The molecule has 6 atom stereocenters. The van der Waals surface area contributed by atoms with Crippen molar-refractivity contribution in [3.63, 3.8) is 0 Å². The van der Waals surface area contributed by atoms with Crippen molar-refractivity contribution in [2.75, 3.05) is 32.6 Å². The molecule has 0 aromatic heterocycles. The molecule has 4 aromatic rings. The lowest BCUT2D eigenvalue weighted by molar-refractivity contribution is -0.254. The average molecular weight is 861 g/mol. The molecule has 0 radical (unpaired) electrons. The number of aliphatic hydroxyl groups is 2. The number of oxime groups is 1. The molecular weight excluding hydrogens is 797 g/mol. The summed E-state index contributed by atoms with van der Waals surface area (Å²) in [7, 11) is 0. The number of carbonyl (C=O) groups excluding carboxylic acids is 1. The van der Waals surface area contributed by atoms with Crippen LogP contribution in [0.2, 0.25) is 0 Å². The van der Waals surface area contributed by atoms with E-state index in [9.17, 15) is 10.2 Å². The number of fused-ring (bicyclic) bond motifs is 3. The first-order valence-corrected chi connectivity index (χ1v) is 23.6. The number of amides is 1. The van der Waals surface area contributed by atoms with Crippen molar-refractivity contribution in [3.8, 4) is 17.2 Å². The van der Waals surface area contributed by atoms with Crippen LogP contribution >= 0.6 is 11.8 Å². The number of hydrogen-bond donors (Lipinski definition) is 2. The maximum absolute atomic E-state index is 15.2. The van der Waals surface area contributed by atoms with E-state index in [-0.39, 0.29) is 43.5 Å². The molecule has 62 heavy (non-hydrogen) atoms. The van der Waals surface area contributed by atoms with Crippen molar-refractivity contribution in [2.24, 2.45) is 22.9 Å². The number of rotatable bonds is 19. The first-order chi connectivity index (χ1) is 30.0. The zero-order valence-corrected chi connectivity index (χ0v) is 37.9. The largest absolute Gasteiger partial charge is 0.459 e. The first-order valence-electron chi connectivity index (χ1n) is 22.4. The fourth-order valence-corrected chi connectivity index (χ4v) is 10.2. The predicted octanol–water partition coefficient (Wildman–Crippen LogP) is 11.3. The van der Waals surface area contributed by atoms with E-state index in [1.165, 1.54) is 0 Å². The summed E-state index contributed by atoms with van der Waals surface area (Å²) in [6, 6.07) is 27.6. The standard InChI is InChI=1S/C52H64N2O7S/c1-7-27-54(50(57)38-20-19-35-15-9-10-16-36(35)31-38)47-34-45(53-61-51(3,4)5)43-32-37(17-11-13-28-55)42(18-12-14-29-56)48-44-33-40(59-39-21-24-41(62-6)25-22-39)23-26-46(44)60-52(47,49(43)48)58-30-8-2/h8-10,15-16,19-26,31-33,37,42,47-49,55-56H,2,7,11-14,17-18,27-30,34H2,1,3-6H3/t37-,42+,47-,48+,49+,52+/m0/s1. The van der Waals surface area contributed by atoms with Crippen LogP contribution in [0.4, 0.5) is 0 Å². The van der Waals surface area contributed by atoms with Crippen LogP contribution in [0.1, 0.15) is 101 Å². The molecule has 1 saturated carbocycles. The average Bonchev–Trinajstić information content (AvgIpc) is 3.27. The molecule has 0 unspecified atom stereocenters.